The predicted octanol–water partition coefficient (Wildman–Crippen LogP) is 3.01. The number of rotatable bonds is 3. The summed E-state index contributed by atoms with van der Waals surface area (Å²) in [6.07, 6.45) is 0.892. The Kier molecular flexibility index (Phi) is 4.00. The molecular formula is C14H20FNO. The Morgan fingerprint density at radius 3 is 2.71 bits per heavy atom. The van der Waals surface area contributed by atoms with E-state index in [2.05, 4.69) is 5.32 Å². The van der Waals surface area contributed by atoms with E-state index in [1.807, 2.05) is 25.1 Å². The molecule has 1 saturated heterocycles. The molecule has 1 atom stereocenters. The minimum absolute atomic E-state index is 0.118. The molecule has 0 aliphatic carbocycles. The maximum absolute atomic E-state index is 14.5. The van der Waals surface area contributed by atoms with E-state index in [9.17, 15) is 4.39 Å². The third kappa shape index (κ3) is 2.78. The van der Waals surface area contributed by atoms with E-state index in [4.69, 9.17) is 4.74 Å². The minimum atomic E-state index is -0.910. The van der Waals surface area contributed by atoms with Gasteiger partial charge in [-0.05, 0) is 50.9 Å². The average Bonchev–Trinajstić information content (AvgIpc) is 2.39. The summed E-state index contributed by atoms with van der Waals surface area (Å²) in [5, 5.41) is 3.26. The first kappa shape index (κ1) is 12.4. The first-order valence-corrected chi connectivity index (χ1v) is 6.21. The van der Waals surface area contributed by atoms with Gasteiger partial charge in [0.1, 0.15) is 11.9 Å². The van der Waals surface area contributed by atoms with Gasteiger partial charge in [-0.1, -0.05) is 11.6 Å². The third-order valence-electron chi connectivity index (χ3n) is 3.48. The smallest absolute Gasteiger partial charge is 0.132 e. The van der Waals surface area contributed by atoms with Gasteiger partial charge in [-0.15, -0.1) is 0 Å². The number of halogens is 1. The molecule has 2 rings (SSSR count). The van der Waals surface area contributed by atoms with Crippen molar-refractivity contribution in [1.82, 2.24) is 5.32 Å². The molecule has 1 unspecified atom stereocenters. The fourth-order valence-corrected chi connectivity index (χ4v) is 2.46. The number of alkyl halides is 1. The van der Waals surface area contributed by atoms with E-state index in [1.54, 1.807) is 7.11 Å². The lowest BCUT2D eigenvalue weighted by Gasteiger charge is -2.27. The standard InChI is InChI=1S/C14H20FNO/c1-10-3-4-13(17-2)12(9-10)14(15)11-5-7-16-8-6-11/h3-4,9,11,14,16H,5-8H2,1-2H3. The zero-order valence-corrected chi connectivity index (χ0v) is 10.5. The molecule has 17 heavy (non-hydrogen) atoms. The lowest BCUT2D eigenvalue weighted by atomic mass is 9.88. The van der Waals surface area contributed by atoms with Crippen molar-refractivity contribution in [1.29, 1.82) is 0 Å². The van der Waals surface area contributed by atoms with Crippen LogP contribution >= 0.6 is 0 Å². The second kappa shape index (κ2) is 5.50. The van der Waals surface area contributed by atoms with Crippen molar-refractivity contribution in [2.75, 3.05) is 20.2 Å². The molecule has 1 aliphatic rings. The van der Waals surface area contributed by atoms with Crippen LogP contribution in [0.2, 0.25) is 0 Å². The van der Waals surface area contributed by atoms with Crippen LogP contribution in [0.3, 0.4) is 0 Å². The first-order valence-electron chi connectivity index (χ1n) is 6.21. The van der Waals surface area contributed by atoms with Crippen molar-refractivity contribution in [3.8, 4) is 5.75 Å². The highest BCUT2D eigenvalue weighted by atomic mass is 19.1. The number of nitrogens with one attached hydrogen (secondary N) is 1. The number of hydrogen-bond donors (Lipinski definition) is 1. The number of piperidine rings is 1. The van der Waals surface area contributed by atoms with Crippen LogP contribution in [0, 0.1) is 12.8 Å². The number of aryl methyl sites for hydroxylation is 1. The molecule has 94 valence electrons. The summed E-state index contributed by atoms with van der Waals surface area (Å²) in [6.45, 7) is 3.82. The number of ether oxygens (including phenoxy) is 1. The number of benzene rings is 1. The lowest BCUT2D eigenvalue weighted by molar-refractivity contribution is 0.186. The van der Waals surface area contributed by atoms with Gasteiger partial charge in [0, 0.05) is 5.56 Å². The van der Waals surface area contributed by atoms with Crippen LogP contribution < -0.4 is 10.1 Å². The SMILES string of the molecule is COc1ccc(C)cc1C(F)C1CCNCC1. The lowest BCUT2D eigenvalue weighted by Crippen LogP contribution is -2.30. The quantitative estimate of drug-likeness (QED) is 0.872. The zero-order chi connectivity index (χ0) is 12.3. The normalized spacial score (nSPS) is 19.0. The van der Waals surface area contributed by atoms with Crippen molar-refractivity contribution in [3.63, 3.8) is 0 Å². The fourth-order valence-electron chi connectivity index (χ4n) is 2.46. The Bertz CT molecular complexity index is 374. The molecule has 1 aromatic carbocycles. The predicted molar refractivity (Wildman–Crippen MR) is 67.2 cm³/mol. The first-order chi connectivity index (χ1) is 8.22. The molecule has 1 N–H and O–H groups in total. The van der Waals surface area contributed by atoms with Crippen LogP contribution in [-0.4, -0.2) is 20.2 Å². The Labute approximate surface area is 102 Å². The molecule has 0 amide bonds. The largest absolute Gasteiger partial charge is 0.496 e. The van der Waals surface area contributed by atoms with Crippen molar-refractivity contribution < 1.29 is 9.13 Å². The molecule has 1 fully saturated rings. The molecule has 1 heterocycles. The van der Waals surface area contributed by atoms with Crippen LogP contribution in [0.4, 0.5) is 4.39 Å². The monoisotopic (exact) mass is 237 g/mol. The van der Waals surface area contributed by atoms with Crippen molar-refractivity contribution in [2.45, 2.75) is 25.9 Å². The molecule has 1 aliphatic heterocycles. The Balaban J connectivity index is 2.21. The Morgan fingerprint density at radius 2 is 2.06 bits per heavy atom. The highest BCUT2D eigenvalue weighted by molar-refractivity contribution is 5.38. The van der Waals surface area contributed by atoms with Gasteiger partial charge in [0.05, 0.1) is 7.11 Å². The van der Waals surface area contributed by atoms with E-state index in [0.29, 0.717) is 11.3 Å². The van der Waals surface area contributed by atoms with Gasteiger partial charge in [-0.25, -0.2) is 4.39 Å². The molecule has 1 aromatic rings. The van der Waals surface area contributed by atoms with Crippen LogP contribution in [-0.2, 0) is 0 Å². The van der Waals surface area contributed by atoms with Crippen LogP contribution in [0.15, 0.2) is 18.2 Å². The van der Waals surface area contributed by atoms with Crippen LogP contribution in [0.5, 0.6) is 5.75 Å². The maximum Gasteiger partial charge on any atom is 0.132 e. The topological polar surface area (TPSA) is 21.3 Å². The van der Waals surface area contributed by atoms with Crippen molar-refractivity contribution in [2.24, 2.45) is 5.92 Å². The second-order valence-corrected chi connectivity index (χ2v) is 4.73. The zero-order valence-electron chi connectivity index (χ0n) is 10.5. The highest BCUT2D eigenvalue weighted by Gasteiger charge is 2.26. The third-order valence-corrected chi connectivity index (χ3v) is 3.48. The molecule has 2 nitrogen and oxygen atoms in total. The summed E-state index contributed by atoms with van der Waals surface area (Å²) in [4.78, 5) is 0. The van der Waals surface area contributed by atoms with Crippen molar-refractivity contribution >= 4 is 0 Å². The van der Waals surface area contributed by atoms with Gasteiger partial charge < -0.3 is 10.1 Å². The molecule has 0 saturated carbocycles. The van der Waals surface area contributed by atoms with E-state index < -0.39 is 6.17 Å². The summed E-state index contributed by atoms with van der Waals surface area (Å²) in [5.74, 6) is 0.786. The average molecular weight is 237 g/mol. The van der Waals surface area contributed by atoms with Gasteiger partial charge in [-0.2, -0.15) is 0 Å². The summed E-state index contributed by atoms with van der Waals surface area (Å²) in [7, 11) is 1.60. The fraction of sp³-hybridized carbons (Fsp3) is 0.571. The molecule has 3 heteroatoms. The van der Waals surface area contributed by atoms with E-state index in [-0.39, 0.29) is 5.92 Å². The summed E-state index contributed by atoms with van der Waals surface area (Å²) >= 11 is 0. The maximum atomic E-state index is 14.5. The van der Waals surface area contributed by atoms with Gasteiger partial charge in [0.2, 0.25) is 0 Å². The van der Waals surface area contributed by atoms with Crippen LogP contribution in [0.25, 0.3) is 0 Å². The molecule has 0 bridgehead atoms. The minimum Gasteiger partial charge on any atom is -0.496 e. The Hall–Kier alpha value is -1.09. The van der Waals surface area contributed by atoms with E-state index in [0.717, 1.165) is 31.5 Å². The van der Waals surface area contributed by atoms with E-state index in [1.165, 1.54) is 0 Å². The summed E-state index contributed by atoms with van der Waals surface area (Å²) < 4.78 is 19.8. The van der Waals surface area contributed by atoms with Gasteiger partial charge in [0.15, 0.2) is 0 Å². The number of methoxy groups -OCH3 is 1. The molecule has 0 radical (unpaired) electrons. The summed E-state index contributed by atoms with van der Waals surface area (Å²) in [6, 6.07) is 5.72. The molecular weight excluding hydrogens is 217 g/mol. The van der Waals surface area contributed by atoms with Gasteiger partial charge in [-0.3, -0.25) is 0 Å². The second-order valence-electron chi connectivity index (χ2n) is 4.73. The van der Waals surface area contributed by atoms with Gasteiger partial charge in [0.25, 0.3) is 0 Å². The molecule has 0 spiro atoms. The highest BCUT2D eigenvalue weighted by Crippen LogP contribution is 2.37. The number of hydrogen-bond acceptors (Lipinski definition) is 2. The Morgan fingerprint density at radius 1 is 1.35 bits per heavy atom. The van der Waals surface area contributed by atoms with Crippen molar-refractivity contribution in [3.05, 3.63) is 29.3 Å². The molecule has 0 aromatic heterocycles. The van der Waals surface area contributed by atoms with Crippen LogP contribution in [0.1, 0.15) is 30.1 Å². The van der Waals surface area contributed by atoms with E-state index >= 15 is 0 Å². The summed E-state index contributed by atoms with van der Waals surface area (Å²) in [5.41, 5.74) is 1.79. The van der Waals surface area contributed by atoms with Gasteiger partial charge >= 0.3 is 0 Å².